The van der Waals surface area contributed by atoms with Gasteiger partial charge in [-0.05, 0) is 42.8 Å². The van der Waals surface area contributed by atoms with Crippen molar-refractivity contribution in [1.82, 2.24) is 5.32 Å². The number of nitriles is 1. The van der Waals surface area contributed by atoms with Crippen LogP contribution in [-0.4, -0.2) is 11.9 Å². The molecule has 2 atom stereocenters. The van der Waals surface area contributed by atoms with Gasteiger partial charge in [0.05, 0.1) is 30.0 Å². The Labute approximate surface area is 152 Å². The SMILES string of the molecule is C[C@H](N[C@H](c1ccccc1)c1ccco1)C(=O)Nc1cccc(C#N)c1. The number of amides is 1. The van der Waals surface area contributed by atoms with E-state index in [9.17, 15) is 4.79 Å². The third-order valence-corrected chi connectivity index (χ3v) is 4.03. The molecule has 0 spiro atoms. The second-order valence-corrected chi connectivity index (χ2v) is 5.93. The summed E-state index contributed by atoms with van der Waals surface area (Å²) in [5, 5.41) is 15.1. The van der Waals surface area contributed by atoms with Crippen LogP contribution in [-0.2, 0) is 4.79 Å². The first-order valence-corrected chi connectivity index (χ1v) is 8.33. The number of benzene rings is 2. The van der Waals surface area contributed by atoms with Gasteiger partial charge in [0.2, 0.25) is 5.91 Å². The van der Waals surface area contributed by atoms with Crippen LogP contribution in [0.5, 0.6) is 0 Å². The second-order valence-electron chi connectivity index (χ2n) is 5.93. The topological polar surface area (TPSA) is 78.1 Å². The van der Waals surface area contributed by atoms with E-state index in [4.69, 9.17) is 9.68 Å². The lowest BCUT2D eigenvalue weighted by Crippen LogP contribution is -2.40. The van der Waals surface area contributed by atoms with Gasteiger partial charge in [-0.2, -0.15) is 5.26 Å². The Hall–Kier alpha value is -3.36. The molecule has 0 saturated carbocycles. The van der Waals surface area contributed by atoms with Crippen LogP contribution in [0.15, 0.2) is 77.4 Å². The summed E-state index contributed by atoms with van der Waals surface area (Å²) in [7, 11) is 0. The number of hydrogen-bond acceptors (Lipinski definition) is 4. The normalized spacial score (nSPS) is 12.8. The molecule has 26 heavy (non-hydrogen) atoms. The largest absolute Gasteiger partial charge is 0.467 e. The number of nitrogens with zero attached hydrogens (tertiary/aromatic N) is 1. The molecule has 0 unspecified atom stereocenters. The van der Waals surface area contributed by atoms with E-state index in [1.165, 1.54) is 0 Å². The van der Waals surface area contributed by atoms with Crippen LogP contribution in [0, 0.1) is 11.3 Å². The van der Waals surface area contributed by atoms with Crippen LogP contribution in [0.1, 0.15) is 29.9 Å². The molecule has 1 heterocycles. The molecular formula is C21H19N3O2. The van der Waals surface area contributed by atoms with Crippen molar-refractivity contribution < 1.29 is 9.21 Å². The van der Waals surface area contributed by atoms with Crippen molar-refractivity contribution in [2.75, 3.05) is 5.32 Å². The molecule has 0 aliphatic rings. The molecule has 5 nitrogen and oxygen atoms in total. The first-order valence-electron chi connectivity index (χ1n) is 8.33. The van der Waals surface area contributed by atoms with Crippen molar-refractivity contribution in [3.63, 3.8) is 0 Å². The summed E-state index contributed by atoms with van der Waals surface area (Å²) < 4.78 is 5.55. The Morgan fingerprint density at radius 2 is 1.88 bits per heavy atom. The summed E-state index contributed by atoms with van der Waals surface area (Å²) in [6, 6.07) is 21.7. The first-order chi connectivity index (χ1) is 12.7. The molecule has 2 aromatic carbocycles. The van der Waals surface area contributed by atoms with Crippen molar-refractivity contribution in [1.29, 1.82) is 5.26 Å². The predicted octanol–water partition coefficient (Wildman–Crippen LogP) is 3.86. The van der Waals surface area contributed by atoms with Gasteiger partial charge in [-0.15, -0.1) is 0 Å². The molecule has 0 fully saturated rings. The maximum Gasteiger partial charge on any atom is 0.241 e. The molecular weight excluding hydrogens is 326 g/mol. The van der Waals surface area contributed by atoms with Crippen LogP contribution in [0.25, 0.3) is 0 Å². The van der Waals surface area contributed by atoms with Gasteiger partial charge in [-0.25, -0.2) is 0 Å². The van der Waals surface area contributed by atoms with E-state index >= 15 is 0 Å². The molecule has 0 aliphatic carbocycles. The zero-order valence-corrected chi connectivity index (χ0v) is 14.3. The number of hydrogen-bond donors (Lipinski definition) is 2. The number of carbonyl (C=O) groups excluding carboxylic acids is 1. The quantitative estimate of drug-likeness (QED) is 0.711. The highest BCUT2D eigenvalue weighted by Gasteiger charge is 2.22. The van der Waals surface area contributed by atoms with E-state index in [1.54, 1.807) is 37.5 Å². The standard InChI is InChI=1S/C21H19N3O2/c1-15(21(25)24-18-10-5-7-16(13-18)14-22)23-20(19-11-6-12-26-19)17-8-3-2-4-9-17/h2-13,15,20,23H,1H3,(H,24,25)/t15-,20+/m0/s1. The Morgan fingerprint density at radius 3 is 2.58 bits per heavy atom. The smallest absolute Gasteiger partial charge is 0.241 e. The summed E-state index contributed by atoms with van der Waals surface area (Å²) in [5.41, 5.74) is 2.10. The maximum atomic E-state index is 12.6. The van der Waals surface area contributed by atoms with Crippen LogP contribution in [0.4, 0.5) is 5.69 Å². The number of anilines is 1. The number of nitrogens with one attached hydrogen (secondary N) is 2. The van der Waals surface area contributed by atoms with Crippen LogP contribution >= 0.6 is 0 Å². The number of furan rings is 1. The maximum absolute atomic E-state index is 12.6. The van der Waals surface area contributed by atoms with Gasteiger partial charge in [0.25, 0.3) is 0 Å². The van der Waals surface area contributed by atoms with E-state index in [-0.39, 0.29) is 11.9 Å². The molecule has 1 amide bonds. The van der Waals surface area contributed by atoms with Gasteiger partial charge in [0, 0.05) is 5.69 Å². The minimum Gasteiger partial charge on any atom is -0.467 e. The van der Waals surface area contributed by atoms with E-state index in [0.717, 1.165) is 11.3 Å². The van der Waals surface area contributed by atoms with Gasteiger partial charge >= 0.3 is 0 Å². The third-order valence-electron chi connectivity index (χ3n) is 4.03. The molecule has 3 aromatic rings. The number of rotatable bonds is 6. The molecule has 0 saturated heterocycles. The highest BCUT2D eigenvalue weighted by atomic mass is 16.3. The molecule has 3 rings (SSSR count). The molecule has 1 aromatic heterocycles. The monoisotopic (exact) mass is 345 g/mol. The molecule has 2 N–H and O–H groups in total. The summed E-state index contributed by atoms with van der Waals surface area (Å²) in [6.07, 6.45) is 1.62. The lowest BCUT2D eigenvalue weighted by atomic mass is 10.0. The molecule has 0 bridgehead atoms. The minimum atomic E-state index is -0.476. The van der Waals surface area contributed by atoms with Gasteiger partial charge < -0.3 is 9.73 Å². The fourth-order valence-corrected chi connectivity index (χ4v) is 2.69. The second kappa shape index (κ2) is 8.15. The average Bonchev–Trinajstić information content (AvgIpc) is 3.21. The van der Waals surface area contributed by atoms with Gasteiger partial charge in [-0.1, -0.05) is 36.4 Å². The summed E-state index contributed by atoms with van der Waals surface area (Å²) >= 11 is 0. The van der Waals surface area contributed by atoms with E-state index < -0.39 is 6.04 Å². The van der Waals surface area contributed by atoms with E-state index in [1.807, 2.05) is 42.5 Å². The minimum absolute atomic E-state index is 0.187. The van der Waals surface area contributed by atoms with Crippen molar-refractivity contribution in [3.05, 3.63) is 89.9 Å². The molecule has 0 aliphatic heterocycles. The lowest BCUT2D eigenvalue weighted by Gasteiger charge is -2.22. The van der Waals surface area contributed by atoms with Crippen LogP contribution in [0.3, 0.4) is 0 Å². The first kappa shape index (κ1) is 17.5. The fourth-order valence-electron chi connectivity index (χ4n) is 2.69. The summed E-state index contributed by atoms with van der Waals surface area (Å²) in [5.74, 6) is 0.551. The van der Waals surface area contributed by atoms with Crippen LogP contribution in [0.2, 0.25) is 0 Å². The third kappa shape index (κ3) is 4.18. The van der Waals surface area contributed by atoms with Gasteiger partial charge in [0.15, 0.2) is 0 Å². The van der Waals surface area contributed by atoms with E-state index in [0.29, 0.717) is 11.3 Å². The summed E-state index contributed by atoms with van der Waals surface area (Å²) in [4.78, 5) is 12.6. The Balaban J connectivity index is 1.74. The van der Waals surface area contributed by atoms with E-state index in [2.05, 4.69) is 16.7 Å². The highest BCUT2D eigenvalue weighted by Crippen LogP contribution is 2.23. The predicted molar refractivity (Wildman–Crippen MR) is 99.4 cm³/mol. The molecule has 5 heteroatoms. The van der Waals surface area contributed by atoms with Crippen LogP contribution < -0.4 is 10.6 Å². The Morgan fingerprint density at radius 1 is 1.08 bits per heavy atom. The zero-order valence-electron chi connectivity index (χ0n) is 14.3. The molecule has 0 radical (unpaired) electrons. The molecule has 130 valence electrons. The lowest BCUT2D eigenvalue weighted by molar-refractivity contribution is -0.117. The van der Waals surface area contributed by atoms with Crippen molar-refractivity contribution in [3.8, 4) is 6.07 Å². The average molecular weight is 345 g/mol. The summed E-state index contributed by atoms with van der Waals surface area (Å²) in [6.45, 7) is 1.79. The Kier molecular flexibility index (Phi) is 5.47. The zero-order chi connectivity index (χ0) is 18.4. The Bertz CT molecular complexity index is 899. The highest BCUT2D eigenvalue weighted by molar-refractivity contribution is 5.94. The fraction of sp³-hybridized carbons (Fsp3) is 0.143. The van der Waals surface area contributed by atoms with Crippen molar-refractivity contribution >= 4 is 11.6 Å². The van der Waals surface area contributed by atoms with Crippen molar-refractivity contribution in [2.24, 2.45) is 0 Å². The van der Waals surface area contributed by atoms with Gasteiger partial charge in [0.1, 0.15) is 5.76 Å². The number of carbonyl (C=O) groups is 1. The van der Waals surface area contributed by atoms with Crippen molar-refractivity contribution in [2.45, 2.75) is 19.0 Å². The van der Waals surface area contributed by atoms with Gasteiger partial charge in [-0.3, -0.25) is 10.1 Å².